The van der Waals surface area contributed by atoms with Gasteiger partial charge in [0, 0.05) is 5.70 Å². The van der Waals surface area contributed by atoms with Gasteiger partial charge in [-0.3, -0.25) is 4.57 Å². The SMILES string of the molecule is CCCC1=C(C(=O)OCC)[C@@H](c2ccc(F)cc2)n2c(nc3ccccc32)N1. The number of nitrogens with one attached hydrogen (secondary N) is 1. The summed E-state index contributed by atoms with van der Waals surface area (Å²) in [4.78, 5) is 17.7. The molecule has 2 aromatic carbocycles. The molecule has 0 spiro atoms. The Morgan fingerprint density at radius 1 is 1.18 bits per heavy atom. The largest absolute Gasteiger partial charge is 0.463 e. The van der Waals surface area contributed by atoms with Crippen LogP contribution in [0.5, 0.6) is 0 Å². The molecule has 0 unspecified atom stereocenters. The lowest BCUT2D eigenvalue weighted by Crippen LogP contribution is -2.29. The number of aromatic nitrogens is 2. The summed E-state index contributed by atoms with van der Waals surface area (Å²) in [6.07, 6.45) is 1.55. The van der Waals surface area contributed by atoms with Crippen LogP contribution in [0, 0.1) is 5.82 Å². The molecule has 1 N–H and O–H groups in total. The van der Waals surface area contributed by atoms with Gasteiger partial charge in [-0.25, -0.2) is 14.2 Å². The highest BCUT2D eigenvalue weighted by atomic mass is 19.1. The van der Waals surface area contributed by atoms with E-state index in [4.69, 9.17) is 9.72 Å². The zero-order chi connectivity index (χ0) is 19.7. The second-order valence-electron chi connectivity index (χ2n) is 6.74. The maximum absolute atomic E-state index is 13.6. The van der Waals surface area contributed by atoms with Gasteiger partial charge < -0.3 is 10.1 Å². The predicted octanol–water partition coefficient (Wildman–Crippen LogP) is 4.81. The lowest BCUT2D eigenvalue weighted by molar-refractivity contribution is -0.139. The van der Waals surface area contributed by atoms with Crippen LogP contribution in [-0.2, 0) is 9.53 Å². The lowest BCUT2D eigenvalue weighted by atomic mass is 9.93. The molecular weight excluding hydrogens is 357 g/mol. The first-order valence-corrected chi connectivity index (χ1v) is 9.53. The number of esters is 1. The fourth-order valence-corrected chi connectivity index (χ4v) is 3.74. The topological polar surface area (TPSA) is 56.2 Å². The van der Waals surface area contributed by atoms with Crippen molar-refractivity contribution in [1.29, 1.82) is 0 Å². The van der Waals surface area contributed by atoms with E-state index in [1.807, 2.05) is 28.8 Å². The number of fused-ring (bicyclic) bond motifs is 3. The van der Waals surface area contributed by atoms with Crippen LogP contribution in [0.25, 0.3) is 11.0 Å². The van der Waals surface area contributed by atoms with Gasteiger partial charge in [0.15, 0.2) is 0 Å². The maximum atomic E-state index is 13.6. The van der Waals surface area contributed by atoms with E-state index < -0.39 is 6.04 Å². The molecular formula is C22H22FN3O2. The second-order valence-corrected chi connectivity index (χ2v) is 6.74. The van der Waals surface area contributed by atoms with Crippen molar-refractivity contribution in [3.05, 3.63) is 71.2 Å². The molecule has 2 heterocycles. The monoisotopic (exact) mass is 379 g/mol. The molecule has 4 rings (SSSR count). The van der Waals surface area contributed by atoms with Gasteiger partial charge in [-0.05, 0) is 43.2 Å². The molecule has 0 radical (unpaired) electrons. The standard InChI is InChI=1S/C22H22FN3O2/c1-3-7-17-19(21(27)28-4-2)20(14-10-12-15(23)13-11-14)26-18-9-6-5-8-16(18)24-22(26)25-17/h5-6,8-13,20H,3-4,7H2,1-2H3,(H,24,25)/t20-/m1/s1. The third-order valence-electron chi connectivity index (χ3n) is 4.90. The number of hydrogen-bond donors (Lipinski definition) is 1. The average molecular weight is 379 g/mol. The molecule has 6 heteroatoms. The Bertz CT molecular complexity index is 1050. The van der Waals surface area contributed by atoms with Crippen LogP contribution in [0.2, 0.25) is 0 Å². The highest BCUT2D eigenvalue weighted by Gasteiger charge is 2.35. The Morgan fingerprint density at radius 2 is 1.93 bits per heavy atom. The van der Waals surface area contributed by atoms with Crippen molar-refractivity contribution in [2.45, 2.75) is 32.7 Å². The van der Waals surface area contributed by atoms with Gasteiger partial charge in [0.1, 0.15) is 5.82 Å². The van der Waals surface area contributed by atoms with Crippen molar-refractivity contribution in [3.8, 4) is 0 Å². The number of ether oxygens (including phenoxy) is 1. The van der Waals surface area contributed by atoms with Crippen molar-refractivity contribution in [2.24, 2.45) is 0 Å². The number of carbonyl (C=O) groups is 1. The Balaban J connectivity index is 1.98. The van der Waals surface area contributed by atoms with Crippen LogP contribution in [0.3, 0.4) is 0 Å². The molecule has 0 saturated carbocycles. The number of anilines is 1. The molecule has 1 aliphatic rings. The van der Waals surface area contributed by atoms with Gasteiger partial charge in [0.2, 0.25) is 5.95 Å². The zero-order valence-electron chi connectivity index (χ0n) is 15.9. The van der Waals surface area contributed by atoms with Crippen LogP contribution >= 0.6 is 0 Å². The predicted molar refractivity (Wildman–Crippen MR) is 106 cm³/mol. The molecule has 1 aromatic heterocycles. The number of para-hydroxylation sites is 2. The van der Waals surface area contributed by atoms with Crippen molar-refractivity contribution < 1.29 is 13.9 Å². The number of halogens is 1. The molecule has 0 saturated heterocycles. The van der Waals surface area contributed by atoms with Gasteiger partial charge in [-0.2, -0.15) is 0 Å². The van der Waals surface area contributed by atoms with E-state index >= 15 is 0 Å². The quantitative estimate of drug-likeness (QED) is 0.647. The fraction of sp³-hybridized carbons (Fsp3) is 0.273. The first kappa shape index (κ1) is 18.2. The summed E-state index contributed by atoms with van der Waals surface area (Å²) in [5.74, 6) is -0.00734. The van der Waals surface area contributed by atoms with E-state index in [1.54, 1.807) is 19.1 Å². The summed E-state index contributed by atoms with van der Waals surface area (Å²) in [6.45, 7) is 4.14. The van der Waals surface area contributed by atoms with Crippen molar-refractivity contribution in [3.63, 3.8) is 0 Å². The summed E-state index contributed by atoms with van der Waals surface area (Å²) in [6, 6.07) is 13.6. The summed E-state index contributed by atoms with van der Waals surface area (Å²) < 4.78 is 21.0. The molecule has 28 heavy (non-hydrogen) atoms. The molecule has 0 bridgehead atoms. The number of rotatable bonds is 5. The highest BCUT2D eigenvalue weighted by molar-refractivity contribution is 5.94. The van der Waals surface area contributed by atoms with E-state index in [0.29, 0.717) is 17.9 Å². The molecule has 0 fully saturated rings. The van der Waals surface area contributed by atoms with Crippen LogP contribution in [-0.4, -0.2) is 22.1 Å². The molecule has 144 valence electrons. The van der Waals surface area contributed by atoms with Crippen molar-refractivity contribution >= 4 is 23.0 Å². The zero-order valence-corrected chi connectivity index (χ0v) is 15.9. The lowest BCUT2D eigenvalue weighted by Gasteiger charge is -2.31. The minimum Gasteiger partial charge on any atom is -0.463 e. The highest BCUT2D eigenvalue weighted by Crippen LogP contribution is 2.40. The Morgan fingerprint density at radius 3 is 2.64 bits per heavy atom. The summed E-state index contributed by atoms with van der Waals surface area (Å²) in [5.41, 5.74) is 3.89. The third-order valence-corrected chi connectivity index (χ3v) is 4.90. The normalized spacial score (nSPS) is 16.0. The molecule has 3 aromatic rings. The van der Waals surface area contributed by atoms with E-state index in [1.165, 1.54) is 12.1 Å². The molecule has 0 amide bonds. The first-order chi connectivity index (χ1) is 13.6. The van der Waals surface area contributed by atoms with Gasteiger partial charge in [-0.1, -0.05) is 37.6 Å². The van der Waals surface area contributed by atoms with E-state index in [9.17, 15) is 9.18 Å². The van der Waals surface area contributed by atoms with Crippen molar-refractivity contribution in [1.82, 2.24) is 9.55 Å². The van der Waals surface area contributed by atoms with Crippen LogP contribution in [0.1, 0.15) is 38.3 Å². The van der Waals surface area contributed by atoms with Crippen LogP contribution < -0.4 is 5.32 Å². The maximum Gasteiger partial charge on any atom is 0.338 e. The van der Waals surface area contributed by atoms with Gasteiger partial charge in [0.25, 0.3) is 0 Å². The Hall–Kier alpha value is -3.15. The summed E-state index contributed by atoms with van der Waals surface area (Å²) >= 11 is 0. The number of benzene rings is 2. The molecule has 1 aliphatic heterocycles. The Kier molecular flexibility index (Phi) is 4.86. The first-order valence-electron chi connectivity index (χ1n) is 9.53. The molecule has 0 aliphatic carbocycles. The smallest absolute Gasteiger partial charge is 0.338 e. The number of imidazole rings is 1. The van der Waals surface area contributed by atoms with Crippen molar-refractivity contribution in [2.75, 3.05) is 11.9 Å². The molecule has 1 atom stereocenters. The number of nitrogens with zero attached hydrogens (tertiary/aromatic N) is 2. The van der Waals surface area contributed by atoms with Crippen LogP contribution in [0.15, 0.2) is 59.8 Å². The van der Waals surface area contributed by atoms with E-state index in [2.05, 4.69) is 12.2 Å². The summed E-state index contributed by atoms with van der Waals surface area (Å²) in [7, 11) is 0. The Labute approximate surface area is 162 Å². The fourth-order valence-electron chi connectivity index (χ4n) is 3.74. The van der Waals surface area contributed by atoms with Gasteiger partial charge in [-0.15, -0.1) is 0 Å². The number of hydrogen-bond acceptors (Lipinski definition) is 4. The van der Waals surface area contributed by atoms with Crippen LogP contribution in [0.4, 0.5) is 10.3 Å². The number of carbonyl (C=O) groups excluding carboxylic acids is 1. The average Bonchev–Trinajstić information content (AvgIpc) is 3.06. The third kappa shape index (κ3) is 3.05. The van der Waals surface area contributed by atoms with Gasteiger partial charge in [0.05, 0.1) is 29.3 Å². The minimum absolute atomic E-state index is 0.287. The minimum atomic E-state index is -0.440. The summed E-state index contributed by atoms with van der Waals surface area (Å²) in [5, 5.41) is 3.34. The van der Waals surface area contributed by atoms with Gasteiger partial charge >= 0.3 is 5.97 Å². The molecule has 5 nitrogen and oxygen atoms in total. The van der Waals surface area contributed by atoms with E-state index in [-0.39, 0.29) is 18.4 Å². The van der Waals surface area contributed by atoms with E-state index in [0.717, 1.165) is 28.7 Å². The number of allylic oxidation sites excluding steroid dienone is 1. The second kappa shape index (κ2) is 7.46.